The second-order valence-electron chi connectivity index (χ2n) is 7.19. The van der Waals surface area contributed by atoms with Gasteiger partial charge in [0.1, 0.15) is 11.6 Å². The molecule has 0 saturated carbocycles. The molecule has 0 aliphatic carbocycles. The van der Waals surface area contributed by atoms with Crippen molar-refractivity contribution in [3.63, 3.8) is 0 Å². The Bertz CT molecular complexity index is 819. The minimum atomic E-state index is -0.399. The van der Waals surface area contributed by atoms with E-state index in [1.54, 1.807) is 10.6 Å². The average Bonchev–Trinajstić information content (AvgIpc) is 2.84. The lowest BCUT2D eigenvalue weighted by atomic mass is 10.1. The van der Waals surface area contributed by atoms with Gasteiger partial charge in [-0.25, -0.2) is 9.37 Å². The molecule has 1 aliphatic rings. The fraction of sp³-hybridized carbons (Fsp3) is 0.600. The summed E-state index contributed by atoms with van der Waals surface area (Å²) in [7, 11) is 0. The molecule has 3 rings (SSSR count). The van der Waals surface area contributed by atoms with Crippen LogP contribution in [0.4, 0.5) is 4.39 Å². The van der Waals surface area contributed by atoms with Gasteiger partial charge in [0.15, 0.2) is 0 Å². The molecule has 1 aliphatic heterocycles. The van der Waals surface area contributed by atoms with Crippen molar-refractivity contribution in [3.8, 4) is 0 Å². The van der Waals surface area contributed by atoms with Crippen molar-refractivity contribution < 1.29 is 4.39 Å². The Kier molecular flexibility index (Phi) is 6.04. The molecule has 0 amide bonds. The van der Waals surface area contributed by atoms with Crippen LogP contribution < -0.4 is 10.9 Å². The van der Waals surface area contributed by atoms with Crippen molar-refractivity contribution in [1.29, 1.82) is 0 Å². The Balaban J connectivity index is 2.12. The van der Waals surface area contributed by atoms with Crippen LogP contribution in [0.5, 0.6) is 0 Å². The van der Waals surface area contributed by atoms with Crippen LogP contribution in [-0.4, -0.2) is 40.1 Å². The number of hydrogen-bond donors (Lipinski definition) is 1. The summed E-state index contributed by atoms with van der Waals surface area (Å²) in [5.41, 5.74) is 0.437. The summed E-state index contributed by atoms with van der Waals surface area (Å²) in [6.45, 7) is 9.79. The van der Waals surface area contributed by atoms with Crippen molar-refractivity contribution in [3.05, 3.63) is 40.2 Å². The van der Waals surface area contributed by atoms with E-state index < -0.39 is 5.82 Å². The molecule has 142 valence electrons. The van der Waals surface area contributed by atoms with Gasteiger partial charge in [-0.1, -0.05) is 13.3 Å². The van der Waals surface area contributed by atoms with E-state index in [1.807, 2.05) is 6.92 Å². The van der Waals surface area contributed by atoms with E-state index in [-0.39, 0.29) is 11.6 Å². The maximum absolute atomic E-state index is 13.6. The van der Waals surface area contributed by atoms with Crippen LogP contribution in [0.3, 0.4) is 0 Å². The van der Waals surface area contributed by atoms with Crippen molar-refractivity contribution in [2.45, 2.75) is 58.7 Å². The molecule has 5 nitrogen and oxygen atoms in total. The average molecular weight is 360 g/mol. The maximum atomic E-state index is 13.6. The summed E-state index contributed by atoms with van der Waals surface area (Å²) in [6, 6.07) is 4.80. The summed E-state index contributed by atoms with van der Waals surface area (Å²) in [6.07, 6.45) is 3.05. The first-order valence-corrected chi connectivity index (χ1v) is 9.72. The number of nitrogens with one attached hydrogen (secondary N) is 1. The standard InChI is InChI=1S/C20H29FN4O/c1-4-7-18(24-11-6-10-22-14(3)13-24)19-23-17-9-8-15(21)12-16(17)20(26)25(19)5-2/h8-9,12,14,18,22H,4-7,10-11,13H2,1-3H3/t14-,18-/m1/s1. The summed E-state index contributed by atoms with van der Waals surface area (Å²) >= 11 is 0. The van der Waals surface area contributed by atoms with Gasteiger partial charge in [0, 0.05) is 25.7 Å². The first-order valence-electron chi connectivity index (χ1n) is 9.72. The second kappa shape index (κ2) is 8.27. The van der Waals surface area contributed by atoms with Gasteiger partial charge in [0.25, 0.3) is 5.56 Å². The van der Waals surface area contributed by atoms with Gasteiger partial charge in [-0.05, 0) is 51.4 Å². The smallest absolute Gasteiger partial charge is 0.261 e. The largest absolute Gasteiger partial charge is 0.313 e. The number of hydrogen-bond acceptors (Lipinski definition) is 4. The lowest BCUT2D eigenvalue weighted by Gasteiger charge is -2.32. The zero-order valence-corrected chi connectivity index (χ0v) is 16.0. The molecule has 6 heteroatoms. The molecule has 1 saturated heterocycles. The molecule has 0 radical (unpaired) electrons. The number of fused-ring (bicyclic) bond motifs is 1. The maximum Gasteiger partial charge on any atom is 0.261 e. The van der Waals surface area contributed by atoms with E-state index in [9.17, 15) is 9.18 Å². The van der Waals surface area contributed by atoms with Gasteiger partial charge in [-0.15, -0.1) is 0 Å². The van der Waals surface area contributed by atoms with E-state index in [0.717, 1.165) is 44.7 Å². The molecule has 1 aromatic heterocycles. The quantitative estimate of drug-likeness (QED) is 0.890. The van der Waals surface area contributed by atoms with Crippen LogP contribution in [0.25, 0.3) is 10.9 Å². The minimum absolute atomic E-state index is 0.101. The highest BCUT2D eigenvalue weighted by molar-refractivity contribution is 5.77. The number of aromatic nitrogens is 2. The van der Waals surface area contributed by atoms with Gasteiger partial charge in [-0.2, -0.15) is 0 Å². The first kappa shape index (κ1) is 19.0. The van der Waals surface area contributed by atoms with Crippen molar-refractivity contribution in [2.24, 2.45) is 0 Å². The van der Waals surface area contributed by atoms with Crippen LogP contribution >= 0.6 is 0 Å². The Labute approximate surface area is 154 Å². The molecule has 1 N–H and O–H groups in total. The molecule has 0 unspecified atom stereocenters. The monoisotopic (exact) mass is 360 g/mol. The van der Waals surface area contributed by atoms with E-state index in [4.69, 9.17) is 4.98 Å². The van der Waals surface area contributed by atoms with Crippen LogP contribution in [0.1, 0.15) is 51.9 Å². The third-order valence-electron chi connectivity index (χ3n) is 5.19. The van der Waals surface area contributed by atoms with Gasteiger partial charge in [0.2, 0.25) is 0 Å². The summed E-state index contributed by atoms with van der Waals surface area (Å²) < 4.78 is 15.3. The van der Waals surface area contributed by atoms with Gasteiger partial charge >= 0.3 is 0 Å². The Hall–Kier alpha value is -1.79. The van der Waals surface area contributed by atoms with Crippen LogP contribution in [0, 0.1) is 5.82 Å². The highest BCUT2D eigenvalue weighted by Crippen LogP contribution is 2.26. The predicted molar refractivity (Wildman–Crippen MR) is 103 cm³/mol. The lowest BCUT2D eigenvalue weighted by molar-refractivity contribution is 0.174. The highest BCUT2D eigenvalue weighted by Gasteiger charge is 2.27. The number of halogens is 1. The van der Waals surface area contributed by atoms with Crippen molar-refractivity contribution in [1.82, 2.24) is 19.8 Å². The summed E-state index contributed by atoms with van der Waals surface area (Å²) in [5, 5.41) is 3.88. The molecule has 26 heavy (non-hydrogen) atoms. The SMILES string of the molecule is CCC[C@H](c1nc2ccc(F)cc2c(=O)n1CC)N1CCCN[C@H](C)C1. The van der Waals surface area contributed by atoms with Gasteiger partial charge in [0.05, 0.1) is 16.9 Å². The minimum Gasteiger partial charge on any atom is -0.313 e. The molecule has 0 bridgehead atoms. The molecule has 1 fully saturated rings. The molecule has 2 atom stereocenters. The fourth-order valence-corrected chi connectivity index (χ4v) is 3.94. The molecule has 2 aromatic rings. The third-order valence-corrected chi connectivity index (χ3v) is 5.19. The van der Waals surface area contributed by atoms with Crippen molar-refractivity contribution in [2.75, 3.05) is 19.6 Å². The van der Waals surface area contributed by atoms with Gasteiger partial charge < -0.3 is 5.32 Å². The van der Waals surface area contributed by atoms with Crippen molar-refractivity contribution >= 4 is 10.9 Å². The second-order valence-corrected chi connectivity index (χ2v) is 7.19. The molecule has 0 spiro atoms. The zero-order valence-electron chi connectivity index (χ0n) is 16.0. The van der Waals surface area contributed by atoms with E-state index in [0.29, 0.717) is 23.5 Å². The van der Waals surface area contributed by atoms with Crippen LogP contribution in [-0.2, 0) is 6.54 Å². The Morgan fingerprint density at radius 1 is 1.38 bits per heavy atom. The third kappa shape index (κ3) is 3.81. The Morgan fingerprint density at radius 2 is 2.19 bits per heavy atom. The highest BCUT2D eigenvalue weighted by atomic mass is 19.1. The molecule has 2 heterocycles. The van der Waals surface area contributed by atoms with E-state index in [2.05, 4.69) is 24.1 Å². The molecular formula is C20H29FN4O. The Morgan fingerprint density at radius 3 is 2.92 bits per heavy atom. The zero-order chi connectivity index (χ0) is 18.7. The molecular weight excluding hydrogens is 331 g/mol. The summed E-state index contributed by atoms with van der Waals surface area (Å²) in [4.78, 5) is 20.3. The predicted octanol–water partition coefficient (Wildman–Crippen LogP) is 3.08. The molecule has 1 aromatic carbocycles. The topological polar surface area (TPSA) is 50.2 Å². The summed E-state index contributed by atoms with van der Waals surface area (Å²) in [5.74, 6) is 0.414. The van der Waals surface area contributed by atoms with E-state index in [1.165, 1.54) is 12.1 Å². The lowest BCUT2D eigenvalue weighted by Crippen LogP contribution is -2.40. The normalized spacial score (nSPS) is 20.2. The number of benzene rings is 1. The number of rotatable bonds is 5. The fourth-order valence-electron chi connectivity index (χ4n) is 3.94. The van der Waals surface area contributed by atoms with E-state index >= 15 is 0 Å². The van der Waals surface area contributed by atoms with Crippen LogP contribution in [0.2, 0.25) is 0 Å². The van der Waals surface area contributed by atoms with Crippen LogP contribution in [0.15, 0.2) is 23.0 Å². The first-order chi connectivity index (χ1) is 12.5. The van der Waals surface area contributed by atoms with Gasteiger partial charge in [-0.3, -0.25) is 14.3 Å². The number of nitrogens with zero attached hydrogens (tertiary/aromatic N) is 3.